The van der Waals surface area contributed by atoms with Crippen LogP contribution < -0.4 is 10.6 Å². The highest BCUT2D eigenvalue weighted by Crippen LogP contribution is 2.58. The van der Waals surface area contributed by atoms with Crippen LogP contribution in [0.3, 0.4) is 0 Å². The van der Waals surface area contributed by atoms with Gasteiger partial charge in [0.2, 0.25) is 11.8 Å². The number of thiazole rings is 1. The van der Waals surface area contributed by atoms with Crippen molar-refractivity contribution in [1.29, 1.82) is 0 Å². The normalized spacial score (nSPS) is 22.4. The molecule has 0 bridgehead atoms. The Morgan fingerprint density at radius 1 is 1.38 bits per heavy atom. The van der Waals surface area contributed by atoms with Gasteiger partial charge < -0.3 is 15.7 Å². The SMILES string of the molecule is CNC(=O)Cc1csc(NC(=O)[C@@H]2[C@@H](C(=O)O)C2(C)C)n1. The fraction of sp³-hybridized carbons (Fsp3) is 0.538. The number of rotatable bonds is 5. The second-order valence-electron chi connectivity index (χ2n) is 5.60. The third-order valence-electron chi connectivity index (χ3n) is 3.78. The minimum atomic E-state index is -0.959. The number of carboxylic acid groups (broad SMARTS) is 1. The van der Waals surface area contributed by atoms with Crippen LogP contribution in [-0.4, -0.2) is 34.9 Å². The summed E-state index contributed by atoms with van der Waals surface area (Å²) in [4.78, 5) is 38.6. The Morgan fingerprint density at radius 2 is 2.05 bits per heavy atom. The lowest BCUT2D eigenvalue weighted by Gasteiger charge is -2.02. The Morgan fingerprint density at radius 3 is 2.57 bits per heavy atom. The molecule has 1 aromatic heterocycles. The van der Waals surface area contributed by atoms with Crippen LogP contribution in [0.25, 0.3) is 0 Å². The summed E-state index contributed by atoms with van der Waals surface area (Å²) in [5.74, 6) is -2.68. The molecule has 1 heterocycles. The van der Waals surface area contributed by atoms with Gasteiger partial charge in [-0.05, 0) is 5.41 Å². The largest absolute Gasteiger partial charge is 0.481 e. The summed E-state index contributed by atoms with van der Waals surface area (Å²) in [6.45, 7) is 3.52. The third-order valence-corrected chi connectivity index (χ3v) is 4.58. The molecule has 1 aliphatic rings. The quantitative estimate of drug-likeness (QED) is 0.743. The lowest BCUT2D eigenvalue weighted by atomic mass is 10.1. The predicted octanol–water partition coefficient (Wildman–Crippen LogP) is 0.727. The first-order valence-electron chi connectivity index (χ1n) is 6.46. The fourth-order valence-corrected chi connectivity index (χ4v) is 3.18. The number of aromatic nitrogens is 1. The van der Waals surface area contributed by atoms with Crippen LogP contribution in [0, 0.1) is 17.3 Å². The van der Waals surface area contributed by atoms with Crippen molar-refractivity contribution >= 4 is 34.3 Å². The molecule has 0 spiro atoms. The number of carboxylic acids is 1. The molecular weight excluding hydrogens is 294 g/mol. The molecule has 1 fully saturated rings. The van der Waals surface area contributed by atoms with Crippen LogP contribution in [0.2, 0.25) is 0 Å². The van der Waals surface area contributed by atoms with Crippen LogP contribution in [0.15, 0.2) is 5.38 Å². The minimum Gasteiger partial charge on any atom is -0.481 e. The molecule has 0 aliphatic heterocycles. The Labute approximate surface area is 125 Å². The maximum atomic E-state index is 12.1. The van der Waals surface area contributed by atoms with Crippen molar-refractivity contribution in [3.63, 3.8) is 0 Å². The summed E-state index contributed by atoms with van der Waals surface area (Å²) < 4.78 is 0. The van der Waals surface area contributed by atoms with Gasteiger partial charge in [0.15, 0.2) is 5.13 Å². The lowest BCUT2D eigenvalue weighted by molar-refractivity contribution is -0.140. The topological polar surface area (TPSA) is 108 Å². The first-order chi connectivity index (χ1) is 9.77. The molecule has 1 saturated carbocycles. The fourth-order valence-electron chi connectivity index (χ4n) is 2.47. The third kappa shape index (κ3) is 3.05. The molecule has 2 amide bonds. The predicted molar refractivity (Wildman–Crippen MR) is 76.9 cm³/mol. The zero-order valence-corrected chi connectivity index (χ0v) is 12.8. The molecule has 1 aromatic rings. The summed E-state index contributed by atoms with van der Waals surface area (Å²) in [6.07, 6.45) is 0.148. The highest BCUT2D eigenvalue weighted by Gasteiger charge is 2.65. The molecule has 7 nitrogen and oxygen atoms in total. The van der Waals surface area contributed by atoms with Gasteiger partial charge in [-0.25, -0.2) is 4.98 Å². The van der Waals surface area contributed by atoms with Gasteiger partial charge in [0.25, 0.3) is 0 Å². The summed E-state index contributed by atoms with van der Waals surface area (Å²) in [7, 11) is 1.54. The van der Waals surface area contributed by atoms with Crippen LogP contribution in [-0.2, 0) is 20.8 Å². The van der Waals surface area contributed by atoms with E-state index in [1.807, 2.05) is 0 Å². The van der Waals surface area contributed by atoms with Crippen LogP contribution in [0.5, 0.6) is 0 Å². The standard InChI is InChI=1S/C13H17N3O4S/c1-13(2)8(9(13)11(19)20)10(18)16-12-15-6(5-21-12)4-7(17)14-3/h5,8-9H,4H2,1-3H3,(H,14,17)(H,19,20)(H,15,16,18)/t8-,9-/m0/s1. The van der Waals surface area contributed by atoms with E-state index in [9.17, 15) is 14.4 Å². The summed E-state index contributed by atoms with van der Waals surface area (Å²) >= 11 is 1.21. The molecule has 2 atom stereocenters. The number of carbonyl (C=O) groups excluding carboxylic acids is 2. The van der Waals surface area contributed by atoms with Crippen LogP contribution in [0.4, 0.5) is 5.13 Å². The first-order valence-corrected chi connectivity index (χ1v) is 7.34. The van der Waals surface area contributed by atoms with E-state index < -0.39 is 23.2 Å². The van der Waals surface area contributed by atoms with Crippen molar-refractivity contribution in [1.82, 2.24) is 10.3 Å². The molecule has 0 saturated heterocycles. The van der Waals surface area contributed by atoms with Crippen molar-refractivity contribution in [2.45, 2.75) is 20.3 Å². The van der Waals surface area contributed by atoms with E-state index in [4.69, 9.17) is 5.11 Å². The van der Waals surface area contributed by atoms with E-state index in [1.54, 1.807) is 26.3 Å². The van der Waals surface area contributed by atoms with E-state index in [-0.39, 0.29) is 18.2 Å². The Hall–Kier alpha value is -1.96. The average molecular weight is 311 g/mol. The second kappa shape index (κ2) is 5.44. The molecule has 114 valence electrons. The molecule has 3 N–H and O–H groups in total. The van der Waals surface area contributed by atoms with E-state index in [0.29, 0.717) is 10.8 Å². The monoisotopic (exact) mass is 311 g/mol. The highest BCUT2D eigenvalue weighted by molar-refractivity contribution is 7.13. The molecule has 21 heavy (non-hydrogen) atoms. The van der Waals surface area contributed by atoms with Crippen molar-refractivity contribution in [2.75, 3.05) is 12.4 Å². The van der Waals surface area contributed by atoms with Gasteiger partial charge in [-0.3, -0.25) is 14.4 Å². The van der Waals surface area contributed by atoms with Gasteiger partial charge in [-0.15, -0.1) is 11.3 Å². The number of nitrogens with one attached hydrogen (secondary N) is 2. The molecule has 0 unspecified atom stereocenters. The van der Waals surface area contributed by atoms with Gasteiger partial charge in [0, 0.05) is 12.4 Å². The summed E-state index contributed by atoms with van der Waals surface area (Å²) in [5.41, 5.74) is 0.0254. The van der Waals surface area contributed by atoms with Gasteiger partial charge in [-0.2, -0.15) is 0 Å². The first kappa shape index (κ1) is 15.4. The van der Waals surface area contributed by atoms with Gasteiger partial charge in [-0.1, -0.05) is 13.8 Å². The average Bonchev–Trinajstić information content (AvgIpc) is 2.74. The number of nitrogens with zero attached hydrogens (tertiary/aromatic N) is 1. The number of hydrogen-bond donors (Lipinski definition) is 3. The van der Waals surface area contributed by atoms with Crippen molar-refractivity contribution in [2.24, 2.45) is 17.3 Å². The zero-order chi connectivity index (χ0) is 15.8. The van der Waals surface area contributed by atoms with Crippen molar-refractivity contribution in [3.8, 4) is 0 Å². The van der Waals surface area contributed by atoms with E-state index in [2.05, 4.69) is 15.6 Å². The lowest BCUT2D eigenvalue weighted by Crippen LogP contribution is -2.20. The van der Waals surface area contributed by atoms with E-state index in [0.717, 1.165) is 0 Å². The number of aliphatic carboxylic acids is 1. The van der Waals surface area contributed by atoms with Crippen molar-refractivity contribution in [3.05, 3.63) is 11.1 Å². The number of carbonyl (C=O) groups is 3. The molecule has 2 rings (SSSR count). The molecule has 0 aromatic carbocycles. The number of likely N-dealkylation sites (N-methyl/N-ethyl adjacent to an activating group) is 1. The number of anilines is 1. The molecule has 8 heteroatoms. The number of hydrogen-bond acceptors (Lipinski definition) is 5. The Balaban J connectivity index is 1.98. The summed E-state index contributed by atoms with van der Waals surface area (Å²) in [6, 6.07) is 0. The van der Waals surface area contributed by atoms with Crippen molar-refractivity contribution < 1.29 is 19.5 Å². The smallest absolute Gasteiger partial charge is 0.307 e. The molecule has 1 aliphatic carbocycles. The molecular formula is C13H17N3O4S. The Bertz CT molecular complexity index is 596. The molecule has 0 radical (unpaired) electrons. The minimum absolute atomic E-state index is 0.148. The van der Waals surface area contributed by atoms with Gasteiger partial charge >= 0.3 is 5.97 Å². The van der Waals surface area contributed by atoms with Gasteiger partial charge in [0.1, 0.15) is 0 Å². The number of amides is 2. The summed E-state index contributed by atoms with van der Waals surface area (Å²) in [5, 5.41) is 16.3. The zero-order valence-electron chi connectivity index (χ0n) is 12.0. The van der Waals surface area contributed by atoms with Crippen LogP contribution >= 0.6 is 11.3 Å². The van der Waals surface area contributed by atoms with E-state index in [1.165, 1.54) is 11.3 Å². The van der Waals surface area contributed by atoms with E-state index >= 15 is 0 Å². The second-order valence-corrected chi connectivity index (χ2v) is 6.46. The maximum Gasteiger partial charge on any atom is 0.307 e. The van der Waals surface area contributed by atoms with Crippen LogP contribution in [0.1, 0.15) is 19.5 Å². The highest BCUT2D eigenvalue weighted by atomic mass is 32.1. The maximum absolute atomic E-state index is 12.1. The van der Waals surface area contributed by atoms with Gasteiger partial charge in [0.05, 0.1) is 24.0 Å². The Kier molecular flexibility index (Phi) is 3.99.